The van der Waals surface area contributed by atoms with Crippen LogP contribution in [0, 0.1) is 5.92 Å². The van der Waals surface area contributed by atoms with Gasteiger partial charge < -0.3 is 20.5 Å². The molecule has 0 unspecified atom stereocenters. The molecule has 8 heteroatoms. The van der Waals surface area contributed by atoms with Crippen LogP contribution in [0.2, 0.25) is 5.15 Å². The molecule has 0 radical (unpaired) electrons. The number of imidazole rings is 1. The molecular weight excluding hydrogens is 258 g/mol. The first-order valence-corrected chi connectivity index (χ1v) is 5.94. The number of rotatable bonds is 3. The van der Waals surface area contributed by atoms with Crippen molar-refractivity contribution >= 4 is 28.7 Å². The van der Waals surface area contributed by atoms with Gasteiger partial charge in [-0.05, 0) is 6.42 Å². The summed E-state index contributed by atoms with van der Waals surface area (Å²) in [7, 11) is 0. The van der Waals surface area contributed by atoms with Crippen molar-refractivity contribution in [3.8, 4) is 0 Å². The molecule has 96 valence electrons. The Kier molecular flexibility index (Phi) is 2.61. The van der Waals surface area contributed by atoms with E-state index in [1.165, 1.54) is 0 Å². The number of halogens is 1. The lowest BCUT2D eigenvalue weighted by Gasteiger charge is -2.07. The molecule has 18 heavy (non-hydrogen) atoms. The Morgan fingerprint density at radius 3 is 3.06 bits per heavy atom. The fourth-order valence-corrected chi connectivity index (χ4v) is 2.43. The highest BCUT2D eigenvalue weighted by atomic mass is 35.5. The number of fused-ring (bicyclic) bond motifs is 1. The maximum Gasteiger partial charge on any atom is 0.223 e. The smallest absolute Gasteiger partial charge is 0.223 e. The average molecular weight is 270 g/mol. The fraction of sp³-hybridized carbons (Fsp3) is 0.500. The van der Waals surface area contributed by atoms with Gasteiger partial charge in [-0.1, -0.05) is 11.6 Å². The van der Waals surface area contributed by atoms with Crippen LogP contribution in [0.4, 0.5) is 5.95 Å². The molecule has 3 rings (SSSR count). The van der Waals surface area contributed by atoms with Crippen molar-refractivity contribution in [3.05, 3.63) is 11.5 Å². The van der Waals surface area contributed by atoms with Crippen LogP contribution in [0.5, 0.6) is 0 Å². The lowest BCUT2D eigenvalue weighted by molar-refractivity contribution is 0.0742. The van der Waals surface area contributed by atoms with Gasteiger partial charge >= 0.3 is 0 Å². The second-order valence-electron chi connectivity index (χ2n) is 4.41. The summed E-state index contributed by atoms with van der Waals surface area (Å²) >= 11 is 5.93. The summed E-state index contributed by atoms with van der Waals surface area (Å²) in [5.41, 5.74) is 6.61. The number of nitrogens with zero attached hydrogens (tertiary/aromatic N) is 4. The van der Waals surface area contributed by atoms with Gasteiger partial charge in [0, 0.05) is 12.0 Å². The first kappa shape index (κ1) is 11.6. The normalized spacial score (nSPS) is 24.4. The molecule has 0 aliphatic heterocycles. The third kappa shape index (κ3) is 1.71. The Hall–Kier alpha value is -1.44. The second kappa shape index (κ2) is 4.04. The summed E-state index contributed by atoms with van der Waals surface area (Å²) in [4.78, 5) is 12.1. The van der Waals surface area contributed by atoms with Crippen LogP contribution < -0.4 is 5.73 Å². The van der Waals surface area contributed by atoms with Crippen LogP contribution in [0.15, 0.2) is 6.33 Å². The van der Waals surface area contributed by atoms with E-state index in [4.69, 9.17) is 22.4 Å². The van der Waals surface area contributed by atoms with Gasteiger partial charge in [0.25, 0.3) is 0 Å². The van der Waals surface area contributed by atoms with Crippen molar-refractivity contribution in [1.82, 2.24) is 19.5 Å². The Labute approximate surface area is 107 Å². The quantitative estimate of drug-likeness (QED) is 0.675. The number of hydrogen-bond acceptors (Lipinski definition) is 6. The lowest BCUT2D eigenvalue weighted by atomic mass is 10.2. The van der Waals surface area contributed by atoms with Gasteiger partial charge in [-0.15, -0.1) is 0 Å². The summed E-state index contributed by atoms with van der Waals surface area (Å²) in [5.74, 6) is 0.108. The summed E-state index contributed by atoms with van der Waals surface area (Å²) in [6.45, 7) is -0.244. The Bertz CT molecular complexity index is 601. The predicted octanol–water partition coefficient (Wildman–Crippen LogP) is -0.0239. The van der Waals surface area contributed by atoms with Crippen LogP contribution in [-0.2, 0) is 0 Å². The zero-order valence-electron chi connectivity index (χ0n) is 9.36. The molecule has 0 aromatic carbocycles. The molecular formula is C10H12ClN5O2. The SMILES string of the molecule is Nc1nc(Cl)c2ncn([C@H]3C[C@H]3[C@H](O)CO)c2n1. The Morgan fingerprint density at radius 1 is 1.56 bits per heavy atom. The van der Waals surface area contributed by atoms with Crippen molar-refractivity contribution in [2.24, 2.45) is 5.92 Å². The minimum atomic E-state index is -0.720. The number of aromatic nitrogens is 4. The van der Waals surface area contributed by atoms with E-state index in [0.29, 0.717) is 11.2 Å². The van der Waals surface area contributed by atoms with Gasteiger partial charge in [0.1, 0.15) is 5.52 Å². The maximum absolute atomic E-state index is 9.58. The zero-order valence-corrected chi connectivity index (χ0v) is 10.1. The third-order valence-corrected chi connectivity index (χ3v) is 3.50. The molecule has 2 aromatic rings. The molecule has 1 fully saturated rings. The predicted molar refractivity (Wildman–Crippen MR) is 65.0 cm³/mol. The van der Waals surface area contributed by atoms with E-state index >= 15 is 0 Å². The van der Waals surface area contributed by atoms with Crippen molar-refractivity contribution in [2.45, 2.75) is 18.6 Å². The largest absolute Gasteiger partial charge is 0.394 e. The van der Waals surface area contributed by atoms with Crippen LogP contribution in [0.25, 0.3) is 11.2 Å². The molecule has 0 saturated heterocycles. The molecule has 1 aliphatic rings. The van der Waals surface area contributed by atoms with Gasteiger partial charge in [0.2, 0.25) is 5.95 Å². The maximum atomic E-state index is 9.58. The minimum absolute atomic E-state index is 0.0161. The number of nitrogens with two attached hydrogens (primary N) is 1. The molecule has 0 bridgehead atoms. The highest BCUT2D eigenvalue weighted by Crippen LogP contribution is 2.46. The van der Waals surface area contributed by atoms with E-state index in [9.17, 15) is 5.11 Å². The number of anilines is 1. The van der Waals surface area contributed by atoms with Gasteiger partial charge in [-0.3, -0.25) is 0 Å². The molecule has 1 saturated carbocycles. The number of nitrogen functional groups attached to an aromatic ring is 1. The molecule has 3 atom stereocenters. The van der Waals surface area contributed by atoms with Gasteiger partial charge in [0.15, 0.2) is 10.8 Å². The fourth-order valence-electron chi connectivity index (χ4n) is 2.21. The van der Waals surface area contributed by atoms with Crippen molar-refractivity contribution in [2.75, 3.05) is 12.3 Å². The highest BCUT2D eigenvalue weighted by Gasteiger charge is 2.44. The summed E-state index contributed by atoms with van der Waals surface area (Å²) in [5, 5.41) is 18.7. The molecule has 2 aromatic heterocycles. The molecule has 7 nitrogen and oxygen atoms in total. The highest BCUT2D eigenvalue weighted by molar-refractivity contribution is 6.33. The number of aliphatic hydroxyl groups is 2. The average Bonchev–Trinajstić information content (AvgIpc) is 3.01. The van der Waals surface area contributed by atoms with E-state index in [0.717, 1.165) is 6.42 Å². The third-order valence-electron chi connectivity index (χ3n) is 3.24. The van der Waals surface area contributed by atoms with Crippen LogP contribution in [0.3, 0.4) is 0 Å². The summed E-state index contributed by atoms with van der Waals surface area (Å²) < 4.78 is 1.82. The van der Waals surface area contributed by atoms with Crippen LogP contribution in [-0.4, -0.2) is 42.4 Å². The number of hydrogen-bond donors (Lipinski definition) is 3. The van der Waals surface area contributed by atoms with Crippen LogP contribution >= 0.6 is 11.6 Å². The molecule has 0 spiro atoms. The summed E-state index contributed by atoms with van der Waals surface area (Å²) in [6, 6.07) is 0.0718. The minimum Gasteiger partial charge on any atom is -0.394 e. The topological polar surface area (TPSA) is 110 Å². The first-order chi connectivity index (χ1) is 8.61. The molecule has 4 N–H and O–H groups in total. The van der Waals surface area contributed by atoms with E-state index in [-0.39, 0.29) is 29.7 Å². The summed E-state index contributed by atoms with van der Waals surface area (Å²) in [6.07, 6.45) is 1.66. The van der Waals surface area contributed by atoms with E-state index in [1.54, 1.807) is 6.33 Å². The number of aliphatic hydroxyl groups excluding tert-OH is 2. The van der Waals surface area contributed by atoms with Gasteiger partial charge in [-0.2, -0.15) is 9.97 Å². The zero-order chi connectivity index (χ0) is 12.9. The standard InChI is InChI=1S/C10H12ClN5O2/c11-8-7-9(15-10(12)14-8)16(3-13-7)5-1-4(5)6(18)2-17/h3-6,17-18H,1-2H2,(H2,12,14,15)/t4-,5+,6-/m1/s1. The van der Waals surface area contributed by atoms with Crippen molar-refractivity contribution < 1.29 is 10.2 Å². The molecule has 0 amide bonds. The van der Waals surface area contributed by atoms with E-state index < -0.39 is 6.10 Å². The van der Waals surface area contributed by atoms with Crippen LogP contribution in [0.1, 0.15) is 12.5 Å². The van der Waals surface area contributed by atoms with Crippen molar-refractivity contribution in [3.63, 3.8) is 0 Å². The first-order valence-electron chi connectivity index (χ1n) is 5.56. The second-order valence-corrected chi connectivity index (χ2v) is 4.77. The molecule has 1 aliphatic carbocycles. The molecule has 2 heterocycles. The monoisotopic (exact) mass is 269 g/mol. The Morgan fingerprint density at radius 2 is 2.33 bits per heavy atom. The van der Waals surface area contributed by atoms with Gasteiger partial charge in [0.05, 0.1) is 19.0 Å². The van der Waals surface area contributed by atoms with E-state index in [2.05, 4.69) is 15.0 Å². The Balaban J connectivity index is 2.00. The van der Waals surface area contributed by atoms with Gasteiger partial charge in [-0.25, -0.2) is 4.98 Å². The van der Waals surface area contributed by atoms with E-state index in [1.807, 2.05) is 4.57 Å². The lowest BCUT2D eigenvalue weighted by Crippen LogP contribution is -2.16. The van der Waals surface area contributed by atoms with Crippen molar-refractivity contribution in [1.29, 1.82) is 0 Å².